The molecule has 2 rings (SSSR count). The van der Waals surface area contributed by atoms with Crippen molar-refractivity contribution < 1.29 is 4.79 Å². The molecule has 0 spiro atoms. The summed E-state index contributed by atoms with van der Waals surface area (Å²) in [5.74, 6) is 0.260. The van der Waals surface area contributed by atoms with Crippen LogP contribution in [0, 0.1) is 0 Å². The number of aromatic nitrogens is 1. The van der Waals surface area contributed by atoms with Crippen LogP contribution in [0.25, 0.3) is 0 Å². The van der Waals surface area contributed by atoms with Gasteiger partial charge in [-0.05, 0) is 36.2 Å². The summed E-state index contributed by atoms with van der Waals surface area (Å²) in [5.41, 5.74) is 3.39. The van der Waals surface area contributed by atoms with Gasteiger partial charge >= 0.3 is 0 Å². The van der Waals surface area contributed by atoms with Crippen LogP contribution in [0.1, 0.15) is 69.5 Å². The lowest BCUT2D eigenvalue weighted by Gasteiger charge is -2.23. The molecule has 2 aromatic rings. The molecular formula is C26H39N3O. The van der Waals surface area contributed by atoms with E-state index in [-0.39, 0.29) is 5.91 Å². The fourth-order valence-electron chi connectivity index (χ4n) is 3.60. The first-order chi connectivity index (χ1) is 14.6. The summed E-state index contributed by atoms with van der Waals surface area (Å²) in [6.07, 6.45) is 11.9. The Bertz CT molecular complexity index is 713. The molecule has 1 amide bonds. The molecule has 1 aromatic heterocycles. The lowest BCUT2D eigenvalue weighted by molar-refractivity contribution is -0.131. The standard InChI is InChI=1S/C26H39N3O/c1-4-5-6-7-8-9-10-14-26(30)29(21-19-24-13-11-12-20-27-24)22-23-15-17-25(18-16-23)28(2)3/h11-13,15-18,20H,4-10,14,19,21-22H2,1-3H3. The Morgan fingerprint density at radius 3 is 2.23 bits per heavy atom. The summed E-state index contributed by atoms with van der Waals surface area (Å²) < 4.78 is 0. The van der Waals surface area contributed by atoms with Crippen molar-refractivity contribution in [3.63, 3.8) is 0 Å². The van der Waals surface area contributed by atoms with Gasteiger partial charge in [-0.15, -0.1) is 0 Å². The molecule has 0 N–H and O–H groups in total. The second-order valence-electron chi connectivity index (χ2n) is 8.32. The molecule has 0 aliphatic carbocycles. The highest BCUT2D eigenvalue weighted by molar-refractivity contribution is 5.76. The van der Waals surface area contributed by atoms with E-state index in [1.54, 1.807) is 0 Å². The van der Waals surface area contributed by atoms with E-state index in [0.717, 1.165) is 25.0 Å². The zero-order chi connectivity index (χ0) is 21.6. The molecule has 0 saturated carbocycles. The molecule has 30 heavy (non-hydrogen) atoms. The number of pyridine rings is 1. The third-order valence-electron chi connectivity index (χ3n) is 5.54. The van der Waals surface area contributed by atoms with Crippen LogP contribution in [0.3, 0.4) is 0 Å². The number of nitrogens with zero attached hydrogens (tertiary/aromatic N) is 3. The molecule has 164 valence electrons. The number of anilines is 1. The third-order valence-corrected chi connectivity index (χ3v) is 5.54. The highest BCUT2D eigenvalue weighted by Gasteiger charge is 2.14. The molecule has 0 atom stereocenters. The number of amides is 1. The van der Waals surface area contributed by atoms with E-state index >= 15 is 0 Å². The van der Waals surface area contributed by atoms with Gasteiger partial charge in [-0.3, -0.25) is 9.78 Å². The van der Waals surface area contributed by atoms with Crippen molar-refractivity contribution >= 4 is 11.6 Å². The summed E-state index contributed by atoms with van der Waals surface area (Å²) in [6.45, 7) is 3.62. The molecule has 0 aliphatic heterocycles. The van der Waals surface area contributed by atoms with E-state index in [0.29, 0.717) is 19.5 Å². The molecule has 4 nitrogen and oxygen atoms in total. The molecule has 1 aromatic carbocycles. The highest BCUT2D eigenvalue weighted by Crippen LogP contribution is 2.16. The Hall–Kier alpha value is -2.36. The minimum Gasteiger partial charge on any atom is -0.378 e. The molecule has 0 unspecified atom stereocenters. The highest BCUT2D eigenvalue weighted by atomic mass is 16.2. The Morgan fingerprint density at radius 2 is 1.60 bits per heavy atom. The van der Waals surface area contributed by atoms with Crippen molar-refractivity contribution in [1.82, 2.24) is 9.88 Å². The maximum atomic E-state index is 13.0. The van der Waals surface area contributed by atoms with Crippen molar-refractivity contribution in [3.8, 4) is 0 Å². The SMILES string of the molecule is CCCCCCCCCC(=O)N(CCc1ccccn1)Cc1ccc(N(C)C)cc1. The Balaban J connectivity index is 1.89. The number of unbranched alkanes of at least 4 members (excludes halogenated alkanes) is 6. The number of carbonyl (C=O) groups is 1. The second kappa shape index (κ2) is 13.8. The molecule has 0 radical (unpaired) electrons. The molecule has 0 saturated heterocycles. The number of carbonyl (C=O) groups excluding carboxylic acids is 1. The quantitative estimate of drug-likeness (QED) is 0.367. The van der Waals surface area contributed by atoms with Gasteiger partial charge in [-0.25, -0.2) is 0 Å². The van der Waals surface area contributed by atoms with Crippen LogP contribution >= 0.6 is 0 Å². The van der Waals surface area contributed by atoms with Crippen LogP contribution in [0.15, 0.2) is 48.7 Å². The maximum absolute atomic E-state index is 13.0. The summed E-state index contributed by atoms with van der Waals surface area (Å²) in [5, 5.41) is 0. The fraction of sp³-hybridized carbons (Fsp3) is 0.538. The van der Waals surface area contributed by atoms with Gasteiger partial charge in [0.05, 0.1) is 0 Å². The topological polar surface area (TPSA) is 36.4 Å². The monoisotopic (exact) mass is 409 g/mol. The zero-order valence-corrected chi connectivity index (χ0v) is 19.1. The van der Waals surface area contributed by atoms with E-state index in [2.05, 4.69) is 41.1 Å². The summed E-state index contributed by atoms with van der Waals surface area (Å²) >= 11 is 0. The average molecular weight is 410 g/mol. The predicted octanol–water partition coefficient (Wildman–Crippen LogP) is 5.86. The van der Waals surface area contributed by atoms with Gasteiger partial charge in [0, 0.05) is 57.6 Å². The number of hydrogen-bond acceptors (Lipinski definition) is 3. The van der Waals surface area contributed by atoms with Crippen LogP contribution < -0.4 is 4.90 Å². The van der Waals surface area contributed by atoms with Gasteiger partial charge < -0.3 is 9.80 Å². The smallest absolute Gasteiger partial charge is 0.222 e. The first-order valence-electron chi connectivity index (χ1n) is 11.5. The van der Waals surface area contributed by atoms with Crippen molar-refractivity contribution in [3.05, 3.63) is 59.9 Å². The van der Waals surface area contributed by atoms with E-state index in [4.69, 9.17) is 0 Å². The van der Waals surface area contributed by atoms with Crippen molar-refractivity contribution in [2.45, 2.75) is 71.3 Å². The van der Waals surface area contributed by atoms with Gasteiger partial charge in [0.15, 0.2) is 0 Å². The van der Waals surface area contributed by atoms with Gasteiger partial charge in [0.25, 0.3) is 0 Å². The number of benzene rings is 1. The Kier molecular flexibility index (Phi) is 11.0. The second-order valence-corrected chi connectivity index (χ2v) is 8.32. The fourth-order valence-corrected chi connectivity index (χ4v) is 3.60. The number of hydrogen-bond donors (Lipinski definition) is 0. The van der Waals surface area contributed by atoms with Crippen LogP contribution in [0.2, 0.25) is 0 Å². The number of rotatable bonds is 14. The summed E-state index contributed by atoms with van der Waals surface area (Å²) in [4.78, 5) is 21.5. The van der Waals surface area contributed by atoms with Crippen LogP contribution in [0.5, 0.6) is 0 Å². The third kappa shape index (κ3) is 8.98. The molecule has 4 heteroatoms. The minimum absolute atomic E-state index is 0.260. The molecule has 0 aliphatic rings. The maximum Gasteiger partial charge on any atom is 0.222 e. The van der Waals surface area contributed by atoms with Gasteiger partial charge in [0.1, 0.15) is 0 Å². The first kappa shape index (κ1) is 23.9. The van der Waals surface area contributed by atoms with E-state index in [1.807, 2.05) is 43.4 Å². The Labute approximate surface area is 183 Å². The zero-order valence-electron chi connectivity index (χ0n) is 19.1. The van der Waals surface area contributed by atoms with Gasteiger partial charge in [-0.1, -0.05) is 63.6 Å². The molecule has 0 fully saturated rings. The molecule has 1 heterocycles. The first-order valence-corrected chi connectivity index (χ1v) is 11.5. The predicted molar refractivity (Wildman–Crippen MR) is 127 cm³/mol. The van der Waals surface area contributed by atoms with Crippen LogP contribution in [0.4, 0.5) is 5.69 Å². The normalized spacial score (nSPS) is 10.8. The largest absolute Gasteiger partial charge is 0.378 e. The van der Waals surface area contributed by atoms with Crippen LogP contribution in [-0.4, -0.2) is 36.4 Å². The van der Waals surface area contributed by atoms with Crippen molar-refractivity contribution in [1.29, 1.82) is 0 Å². The average Bonchev–Trinajstić information content (AvgIpc) is 2.77. The van der Waals surface area contributed by atoms with Gasteiger partial charge in [0.2, 0.25) is 5.91 Å². The molecular weight excluding hydrogens is 370 g/mol. The molecule has 0 bridgehead atoms. The summed E-state index contributed by atoms with van der Waals surface area (Å²) in [6, 6.07) is 14.5. The summed E-state index contributed by atoms with van der Waals surface area (Å²) in [7, 11) is 4.08. The Morgan fingerprint density at radius 1 is 0.900 bits per heavy atom. The van der Waals surface area contributed by atoms with Crippen LogP contribution in [-0.2, 0) is 17.8 Å². The van der Waals surface area contributed by atoms with E-state index in [1.165, 1.54) is 43.4 Å². The minimum atomic E-state index is 0.260. The van der Waals surface area contributed by atoms with Gasteiger partial charge in [-0.2, -0.15) is 0 Å². The van der Waals surface area contributed by atoms with E-state index in [9.17, 15) is 4.79 Å². The lowest BCUT2D eigenvalue weighted by atomic mass is 10.1. The lowest BCUT2D eigenvalue weighted by Crippen LogP contribution is -2.32. The van der Waals surface area contributed by atoms with Crippen molar-refractivity contribution in [2.24, 2.45) is 0 Å². The van der Waals surface area contributed by atoms with E-state index < -0.39 is 0 Å². The van der Waals surface area contributed by atoms with Crippen molar-refractivity contribution in [2.75, 3.05) is 25.5 Å².